The van der Waals surface area contributed by atoms with Crippen LogP contribution in [0.4, 0.5) is 5.13 Å². The van der Waals surface area contributed by atoms with Crippen LogP contribution in [0.25, 0.3) is 10.2 Å². The molecule has 146 valence electrons. The van der Waals surface area contributed by atoms with Crippen molar-refractivity contribution in [3.63, 3.8) is 0 Å². The molecule has 4 aromatic rings. The van der Waals surface area contributed by atoms with Crippen molar-refractivity contribution in [3.05, 3.63) is 77.2 Å². The first-order chi connectivity index (χ1) is 14.0. The maximum Gasteiger partial charge on any atom is 0.281 e. The number of thiazole rings is 1. The van der Waals surface area contributed by atoms with Gasteiger partial charge in [-0.05, 0) is 55.8 Å². The van der Waals surface area contributed by atoms with Crippen molar-refractivity contribution in [1.29, 1.82) is 0 Å². The van der Waals surface area contributed by atoms with E-state index in [9.17, 15) is 4.79 Å². The van der Waals surface area contributed by atoms with Crippen LogP contribution in [0.15, 0.2) is 64.3 Å². The number of carbonyl (C=O) groups excluding carboxylic acids is 1. The van der Waals surface area contributed by atoms with Crippen LogP contribution in [-0.2, 0) is 0 Å². The minimum Gasteiger partial charge on any atom is -0.497 e. The molecule has 0 N–H and O–H groups in total. The second kappa shape index (κ2) is 7.89. The Balaban J connectivity index is 1.78. The quantitative estimate of drug-likeness (QED) is 0.338. The van der Waals surface area contributed by atoms with Crippen molar-refractivity contribution in [2.24, 2.45) is 5.10 Å². The van der Waals surface area contributed by atoms with Gasteiger partial charge in [0.05, 0.1) is 29.8 Å². The second-order valence-electron chi connectivity index (χ2n) is 6.53. The molecule has 0 bridgehead atoms. The van der Waals surface area contributed by atoms with Crippen LogP contribution in [0.5, 0.6) is 5.75 Å². The van der Waals surface area contributed by atoms with Crippen molar-refractivity contribution in [3.8, 4) is 5.75 Å². The summed E-state index contributed by atoms with van der Waals surface area (Å²) in [5.74, 6) is 1.03. The van der Waals surface area contributed by atoms with Crippen LogP contribution in [0.3, 0.4) is 0 Å². The molecule has 0 atom stereocenters. The zero-order chi connectivity index (χ0) is 20.4. The Morgan fingerprint density at radius 3 is 2.79 bits per heavy atom. The van der Waals surface area contributed by atoms with E-state index >= 15 is 0 Å². The van der Waals surface area contributed by atoms with Gasteiger partial charge in [-0.1, -0.05) is 29.0 Å². The molecule has 29 heavy (non-hydrogen) atoms. The Bertz CT molecular complexity index is 1200. The van der Waals surface area contributed by atoms with E-state index in [0.29, 0.717) is 16.5 Å². The van der Waals surface area contributed by atoms with Gasteiger partial charge in [0.2, 0.25) is 5.13 Å². The minimum absolute atomic E-state index is 0.253. The standard InChI is InChI=1S/C22H19N3O3S/c1-14-6-8-18(15(2)11-14)21(26)25(23-13-17-5-4-10-28-17)22-24-19-9-7-16(27-3)12-20(19)29-22/h4-13H,1-3H3/b23-13+. The van der Waals surface area contributed by atoms with Crippen LogP contribution in [0.2, 0.25) is 0 Å². The molecule has 0 aliphatic rings. The number of carbonyl (C=O) groups is 1. The fourth-order valence-electron chi connectivity index (χ4n) is 2.95. The molecule has 0 saturated carbocycles. The number of rotatable bonds is 5. The summed E-state index contributed by atoms with van der Waals surface area (Å²) in [4.78, 5) is 18.0. The van der Waals surface area contributed by atoms with Gasteiger partial charge < -0.3 is 9.15 Å². The van der Waals surface area contributed by atoms with Gasteiger partial charge in [-0.3, -0.25) is 4.79 Å². The molecule has 1 amide bonds. The summed E-state index contributed by atoms with van der Waals surface area (Å²) >= 11 is 1.37. The van der Waals surface area contributed by atoms with Crippen molar-refractivity contribution < 1.29 is 13.9 Å². The van der Waals surface area contributed by atoms with Crippen molar-refractivity contribution in [1.82, 2.24) is 4.98 Å². The molecule has 0 spiro atoms. The Morgan fingerprint density at radius 2 is 2.07 bits per heavy atom. The molecule has 2 aromatic carbocycles. The van der Waals surface area contributed by atoms with Gasteiger partial charge in [-0.15, -0.1) is 0 Å². The summed E-state index contributed by atoms with van der Waals surface area (Å²) in [6.45, 7) is 3.91. The maximum absolute atomic E-state index is 13.4. The van der Waals surface area contributed by atoms with Crippen LogP contribution in [0, 0.1) is 13.8 Å². The number of nitrogens with zero attached hydrogens (tertiary/aromatic N) is 3. The average Bonchev–Trinajstić information content (AvgIpc) is 3.37. The Morgan fingerprint density at radius 1 is 1.21 bits per heavy atom. The molecule has 0 unspecified atom stereocenters. The molecule has 0 fully saturated rings. The van der Waals surface area contributed by atoms with Gasteiger partial charge >= 0.3 is 0 Å². The molecule has 0 radical (unpaired) electrons. The molecular formula is C22H19N3O3S. The smallest absolute Gasteiger partial charge is 0.281 e. The number of aryl methyl sites for hydroxylation is 2. The number of hydrogen-bond donors (Lipinski definition) is 0. The SMILES string of the molecule is COc1ccc2nc(N(/N=C/c3ccco3)C(=O)c3ccc(C)cc3C)sc2c1. The van der Waals surface area contributed by atoms with E-state index in [1.807, 2.05) is 50.2 Å². The molecule has 0 aliphatic carbocycles. The topological polar surface area (TPSA) is 67.9 Å². The van der Waals surface area contributed by atoms with Crippen molar-refractivity contribution >= 4 is 38.8 Å². The van der Waals surface area contributed by atoms with E-state index in [4.69, 9.17) is 9.15 Å². The number of anilines is 1. The van der Waals surface area contributed by atoms with Gasteiger partial charge in [0.1, 0.15) is 11.5 Å². The molecule has 0 saturated heterocycles. The highest BCUT2D eigenvalue weighted by Crippen LogP contribution is 2.32. The summed E-state index contributed by atoms with van der Waals surface area (Å²) in [5.41, 5.74) is 3.33. The third-order valence-corrected chi connectivity index (χ3v) is 5.41. The third kappa shape index (κ3) is 3.90. The number of amides is 1. The van der Waals surface area contributed by atoms with Gasteiger partial charge in [0.25, 0.3) is 5.91 Å². The molecule has 2 heterocycles. The number of aromatic nitrogens is 1. The lowest BCUT2D eigenvalue weighted by Gasteiger charge is -2.15. The largest absolute Gasteiger partial charge is 0.497 e. The molecular weight excluding hydrogens is 386 g/mol. The number of benzene rings is 2. The fraction of sp³-hybridized carbons (Fsp3) is 0.136. The number of ether oxygens (including phenoxy) is 1. The first-order valence-corrected chi connectivity index (χ1v) is 9.80. The fourth-order valence-corrected chi connectivity index (χ4v) is 3.90. The first-order valence-electron chi connectivity index (χ1n) is 8.99. The second-order valence-corrected chi connectivity index (χ2v) is 7.53. The first kappa shape index (κ1) is 18.9. The summed E-state index contributed by atoms with van der Waals surface area (Å²) < 4.78 is 11.5. The predicted octanol–water partition coefficient (Wildman–Crippen LogP) is 5.20. The zero-order valence-corrected chi connectivity index (χ0v) is 17.1. The number of fused-ring (bicyclic) bond motifs is 1. The highest BCUT2D eigenvalue weighted by molar-refractivity contribution is 7.22. The van der Waals surface area contributed by atoms with Crippen LogP contribution in [-0.4, -0.2) is 24.2 Å². The molecule has 6 nitrogen and oxygen atoms in total. The van der Waals surface area contributed by atoms with Gasteiger partial charge in [0, 0.05) is 5.56 Å². The van der Waals surface area contributed by atoms with Gasteiger partial charge in [-0.2, -0.15) is 10.1 Å². The average molecular weight is 405 g/mol. The zero-order valence-electron chi connectivity index (χ0n) is 16.2. The molecule has 0 aliphatic heterocycles. The lowest BCUT2D eigenvalue weighted by atomic mass is 10.1. The number of methoxy groups -OCH3 is 1. The van der Waals surface area contributed by atoms with Gasteiger partial charge in [0.15, 0.2) is 0 Å². The maximum atomic E-state index is 13.4. The van der Waals surface area contributed by atoms with Gasteiger partial charge in [-0.25, -0.2) is 4.98 Å². The van der Waals surface area contributed by atoms with E-state index in [2.05, 4.69) is 10.1 Å². The monoisotopic (exact) mass is 405 g/mol. The number of furan rings is 1. The van der Waals surface area contributed by atoms with E-state index in [1.165, 1.54) is 22.6 Å². The summed E-state index contributed by atoms with van der Waals surface area (Å²) in [6, 6.07) is 14.8. The van der Waals surface area contributed by atoms with Crippen LogP contribution in [0.1, 0.15) is 27.2 Å². The van der Waals surface area contributed by atoms with Crippen molar-refractivity contribution in [2.75, 3.05) is 12.1 Å². The lowest BCUT2D eigenvalue weighted by Crippen LogP contribution is -2.26. The molecule has 2 aromatic heterocycles. The lowest BCUT2D eigenvalue weighted by molar-refractivity contribution is 0.0987. The Labute approximate surface area is 172 Å². The predicted molar refractivity (Wildman–Crippen MR) is 115 cm³/mol. The number of hydrazone groups is 1. The van der Waals surface area contributed by atoms with E-state index < -0.39 is 0 Å². The van der Waals surface area contributed by atoms with Crippen molar-refractivity contribution in [2.45, 2.75) is 13.8 Å². The minimum atomic E-state index is -0.253. The molecule has 7 heteroatoms. The van der Waals surface area contributed by atoms with E-state index in [-0.39, 0.29) is 5.91 Å². The van der Waals surface area contributed by atoms with E-state index in [1.54, 1.807) is 25.5 Å². The van der Waals surface area contributed by atoms with E-state index in [0.717, 1.165) is 27.1 Å². The summed E-state index contributed by atoms with van der Waals surface area (Å²) in [5, 5.41) is 6.19. The molecule has 4 rings (SSSR count). The normalized spacial score (nSPS) is 11.3. The summed E-state index contributed by atoms with van der Waals surface area (Å²) in [6.07, 6.45) is 3.07. The van der Waals surface area contributed by atoms with Crippen LogP contribution < -0.4 is 9.75 Å². The van der Waals surface area contributed by atoms with Crippen LogP contribution >= 0.6 is 11.3 Å². The third-order valence-electron chi connectivity index (χ3n) is 4.41. The summed E-state index contributed by atoms with van der Waals surface area (Å²) in [7, 11) is 1.62. The Kier molecular flexibility index (Phi) is 5.14. The highest BCUT2D eigenvalue weighted by atomic mass is 32.1. The highest BCUT2D eigenvalue weighted by Gasteiger charge is 2.22. The Hall–Kier alpha value is -3.45. The number of hydrogen-bond acceptors (Lipinski definition) is 6.